The lowest BCUT2D eigenvalue weighted by Gasteiger charge is -2.31. The molecule has 1 fully saturated rings. The molecule has 0 radical (unpaired) electrons. The molecule has 1 saturated heterocycles. The standard InChI is InChI=1S/C13H18N2O2S/c1-8-5-11(6-9(2)16-8)17-12-4-3-10(7-15-12)13(14)18/h3-4,7-9,11H,5-6H2,1-2H3,(H2,14,18). The molecule has 2 heterocycles. The summed E-state index contributed by atoms with van der Waals surface area (Å²) in [6, 6.07) is 3.64. The number of ether oxygens (including phenoxy) is 2. The largest absolute Gasteiger partial charge is 0.474 e. The van der Waals surface area contributed by atoms with E-state index >= 15 is 0 Å². The minimum Gasteiger partial charge on any atom is -0.474 e. The highest BCUT2D eigenvalue weighted by atomic mass is 32.1. The fourth-order valence-corrected chi connectivity index (χ4v) is 2.33. The van der Waals surface area contributed by atoms with Gasteiger partial charge in [0, 0.05) is 30.7 Å². The Morgan fingerprint density at radius 2 is 2.06 bits per heavy atom. The summed E-state index contributed by atoms with van der Waals surface area (Å²) in [6.45, 7) is 4.13. The van der Waals surface area contributed by atoms with Gasteiger partial charge in [-0.15, -0.1) is 0 Å². The first-order chi connectivity index (χ1) is 8.54. The van der Waals surface area contributed by atoms with Gasteiger partial charge in [-0.1, -0.05) is 12.2 Å². The molecule has 5 heteroatoms. The summed E-state index contributed by atoms with van der Waals surface area (Å²) < 4.78 is 11.5. The summed E-state index contributed by atoms with van der Waals surface area (Å²) in [5.41, 5.74) is 6.27. The summed E-state index contributed by atoms with van der Waals surface area (Å²) in [7, 11) is 0. The Balaban J connectivity index is 1.98. The van der Waals surface area contributed by atoms with Gasteiger partial charge < -0.3 is 15.2 Å². The highest BCUT2D eigenvalue weighted by molar-refractivity contribution is 7.80. The third-order valence-corrected chi connectivity index (χ3v) is 3.20. The molecule has 0 aliphatic carbocycles. The monoisotopic (exact) mass is 266 g/mol. The van der Waals surface area contributed by atoms with Crippen LogP contribution in [0.1, 0.15) is 32.3 Å². The van der Waals surface area contributed by atoms with Gasteiger partial charge in [0.2, 0.25) is 5.88 Å². The second-order valence-electron chi connectivity index (χ2n) is 4.72. The molecule has 1 aromatic heterocycles. The van der Waals surface area contributed by atoms with Gasteiger partial charge >= 0.3 is 0 Å². The smallest absolute Gasteiger partial charge is 0.213 e. The van der Waals surface area contributed by atoms with Gasteiger partial charge in [0.05, 0.1) is 12.2 Å². The van der Waals surface area contributed by atoms with Gasteiger partial charge in [0.15, 0.2) is 0 Å². The van der Waals surface area contributed by atoms with Crippen LogP contribution in [-0.2, 0) is 4.74 Å². The zero-order valence-electron chi connectivity index (χ0n) is 10.6. The van der Waals surface area contributed by atoms with Crippen LogP contribution >= 0.6 is 12.2 Å². The van der Waals surface area contributed by atoms with Crippen molar-refractivity contribution in [3.05, 3.63) is 23.9 Å². The van der Waals surface area contributed by atoms with Gasteiger partial charge in [-0.3, -0.25) is 0 Å². The van der Waals surface area contributed by atoms with Crippen molar-refractivity contribution in [3.8, 4) is 5.88 Å². The van der Waals surface area contributed by atoms with E-state index in [1.54, 1.807) is 12.3 Å². The molecule has 0 spiro atoms. The first-order valence-electron chi connectivity index (χ1n) is 6.12. The Morgan fingerprint density at radius 3 is 2.56 bits per heavy atom. The van der Waals surface area contributed by atoms with Gasteiger partial charge in [-0.05, 0) is 19.9 Å². The fraction of sp³-hybridized carbons (Fsp3) is 0.538. The predicted octanol–water partition coefficient (Wildman–Crippen LogP) is 2.05. The second-order valence-corrected chi connectivity index (χ2v) is 5.16. The average Bonchev–Trinajstić information content (AvgIpc) is 2.28. The van der Waals surface area contributed by atoms with Crippen LogP contribution in [-0.4, -0.2) is 28.3 Å². The van der Waals surface area contributed by atoms with E-state index < -0.39 is 0 Å². The lowest BCUT2D eigenvalue weighted by Crippen LogP contribution is -2.35. The molecule has 1 aliphatic rings. The maximum Gasteiger partial charge on any atom is 0.213 e. The first kappa shape index (κ1) is 13.2. The second kappa shape index (κ2) is 5.63. The highest BCUT2D eigenvalue weighted by Gasteiger charge is 2.25. The quantitative estimate of drug-likeness (QED) is 0.849. The molecule has 4 nitrogen and oxygen atoms in total. The molecule has 2 rings (SSSR count). The molecular formula is C13H18N2O2S. The molecule has 0 amide bonds. The lowest BCUT2D eigenvalue weighted by atomic mass is 10.0. The Labute approximate surface area is 112 Å². The summed E-state index contributed by atoms with van der Waals surface area (Å²) in [5.74, 6) is 0.612. The van der Waals surface area contributed by atoms with Gasteiger partial charge in [0.25, 0.3) is 0 Å². The van der Waals surface area contributed by atoms with E-state index in [9.17, 15) is 0 Å². The number of nitrogens with two attached hydrogens (primary N) is 1. The zero-order chi connectivity index (χ0) is 13.1. The van der Waals surface area contributed by atoms with E-state index in [-0.39, 0.29) is 18.3 Å². The van der Waals surface area contributed by atoms with E-state index in [1.807, 2.05) is 6.07 Å². The fourth-order valence-electron chi connectivity index (χ4n) is 2.21. The van der Waals surface area contributed by atoms with Crippen molar-refractivity contribution in [2.45, 2.75) is 45.0 Å². The predicted molar refractivity (Wildman–Crippen MR) is 73.8 cm³/mol. The first-order valence-corrected chi connectivity index (χ1v) is 6.53. The maximum absolute atomic E-state index is 5.86. The van der Waals surface area contributed by atoms with Gasteiger partial charge in [-0.2, -0.15) is 0 Å². The van der Waals surface area contributed by atoms with E-state index in [0.717, 1.165) is 18.4 Å². The van der Waals surface area contributed by atoms with Crippen molar-refractivity contribution in [1.82, 2.24) is 4.98 Å². The van der Waals surface area contributed by atoms with Crippen LogP contribution in [0.3, 0.4) is 0 Å². The van der Waals surface area contributed by atoms with Crippen LogP contribution in [0.4, 0.5) is 0 Å². The van der Waals surface area contributed by atoms with Gasteiger partial charge in [-0.25, -0.2) is 4.98 Å². The summed E-state index contributed by atoms with van der Waals surface area (Å²) in [6.07, 6.45) is 4.05. The van der Waals surface area contributed by atoms with Crippen molar-refractivity contribution in [2.75, 3.05) is 0 Å². The van der Waals surface area contributed by atoms with E-state index in [4.69, 9.17) is 27.4 Å². The molecular weight excluding hydrogens is 248 g/mol. The van der Waals surface area contributed by atoms with Gasteiger partial charge in [0.1, 0.15) is 11.1 Å². The molecule has 18 heavy (non-hydrogen) atoms. The Kier molecular flexibility index (Phi) is 4.14. The van der Waals surface area contributed by atoms with Crippen LogP contribution in [0.2, 0.25) is 0 Å². The van der Waals surface area contributed by atoms with Crippen molar-refractivity contribution >= 4 is 17.2 Å². The summed E-state index contributed by atoms with van der Waals surface area (Å²) >= 11 is 4.88. The Hall–Kier alpha value is -1.20. The molecule has 1 aromatic rings. The molecule has 2 unspecified atom stereocenters. The molecule has 2 N–H and O–H groups in total. The van der Waals surface area contributed by atoms with E-state index in [1.165, 1.54) is 0 Å². The number of hydrogen-bond donors (Lipinski definition) is 1. The number of aromatic nitrogens is 1. The number of pyridine rings is 1. The summed E-state index contributed by atoms with van der Waals surface area (Å²) in [4.78, 5) is 4.56. The number of nitrogens with zero attached hydrogens (tertiary/aromatic N) is 1. The lowest BCUT2D eigenvalue weighted by molar-refractivity contribution is -0.0729. The molecule has 98 valence electrons. The SMILES string of the molecule is CC1CC(Oc2ccc(C(N)=S)cn2)CC(C)O1. The number of rotatable bonds is 3. The van der Waals surface area contributed by atoms with Crippen molar-refractivity contribution in [2.24, 2.45) is 5.73 Å². The zero-order valence-corrected chi connectivity index (χ0v) is 11.4. The summed E-state index contributed by atoms with van der Waals surface area (Å²) in [5, 5.41) is 0. The third-order valence-electron chi connectivity index (χ3n) is 2.96. The number of thiocarbonyl (C=S) groups is 1. The van der Waals surface area contributed by atoms with Crippen molar-refractivity contribution in [3.63, 3.8) is 0 Å². The van der Waals surface area contributed by atoms with Crippen LogP contribution in [0.25, 0.3) is 0 Å². The average molecular weight is 266 g/mol. The Morgan fingerprint density at radius 1 is 1.39 bits per heavy atom. The molecule has 0 aromatic carbocycles. The van der Waals surface area contributed by atoms with Crippen LogP contribution < -0.4 is 10.5 Å². The van der Waals surface area contributed by atoms with Crippen molar-refractivity contribution < 1.29 is 9.47 Å². The minimum absolute atomic E-state index is 0.159. The van der Waals surface area contributed by atoms with Crippen LogP contribution in [0, 0.1) is 0 Å². The van der Waals surface area contributed by atoms with Crippen LogP contribution in [0.15, 0.2) is 18.3 Å². The minimum atomic E-state index is 0.159. The molecule has 2 atom stereocenters. The normalized spacial score (nSPS) is 27.8. The topological polar surface area (TPSA) is 57.4 Å². The third kappa shape index (κ3) is 3.40. The maximum atomic E-state index is 5.86. The molecule has 1 aliphatic heterocycles. The van der Waals surface area contributed by atoms with Crippen molar-refractivity contribution in [1.29, 1.82) is 0 Å². The molecule has 0 bridgehead atoms. The van der Waals surface area contributed by atoms with Crippen LogP contribution in [0.5, 0.6) is 5.88 Å². The highest BCUT2D eigenvalue weighted by Crippen LogP contribution is 2.23. The number of hydrogen-bond acceptors (Lipinski definition) is 4. The molecule has 0 saturated carbocycles. The van der Waals surface area contributed by atoms with E-state index in [2.05, 4.69) is 18.8 Å². The Bertz CT molecular complexity index is 412. The van der Waals surface area contributed by atoms with E-state index in [0.29, 0.717) is 10.9 Å².